The second kappa shape index (κ2) is 3.16. The monoisotopic (exact) mass is 181 g/mol. The first-order valence-electron chi connectivity index (χ1n) is 4.65. The van der Waals surface area contributed by atoms with Gasteiger partial charge in [-0.25, -0.2) is 0 Å². The van der Waals surface area contributed by atoms with Gasteiger partial charge >= 0.3 is 0 Å². The summed E-state index contributed by atoms with van der Waals surface area (Å²) in [6, 6.07) is 3.92. The Hall–Kier alpha value is -0.800. The van der Waals surface area contributed by atoms with Crippen molar-refractivity contribution in [1.82, 2.24) is 4.57 Å². The SMILES string of the molecule is CC1OCCC1(O)Cn1cccc1. The molecule has 0 amide bonds. The zero-order chi connectivity index (χ0) is 9.31. The van der Waals surface area contributed by atoms with E-state index in [9.17, 15) is 5.11 Å². The van der Waals surface area contributed by atoms with E-state index in [1.54, 1.807) is 0 Å². The lowest BCUT2D eigenvalue weighted by Gasteiger charge is -2.26. The number of aliphatic hydroxyl groups is 1. The molecule has 0 spiro atoms. The lowest BCUT2D eigenvalue weighted by Crippen LogP contribution is -2.40. The first kappa shape index (κ1) is 8.78. The van der Waals surface area contributed by atoms with Crippen LogP contribution in [0.2, 0.25) is 0 Å². The molecule has 0 saturated carbocycles. The van der Waals surface area contributed by atoms with Gasteiger partial charge in [-0.3, -0.25) is 0 Å². The van der Waals surface area contributed by atoms with E-state index in [-0.39, 0.29) is 6.10 Å². The Labute approximate surface area is 77.9 Å². The van der Waals surface area contributed by atoms with E-state index in [2.05, 4.69) is 0 Å². The van der Waals surface area contributed by atoms with Gasteiger partial charge < -0.3 is 14.4 Å². The van der Waals surface area contributed by atoms with Crippen molar-refractivity contribution in [2.24, 2.45) is 0 Å². The van der Waals surface area contributed by atoms with Crippen LogP contribution in [0.25, 0.3) is 0 Å². The molecule has 72 valence electrons. The standard InChI is InChI=1S/C10H15NO2/c1-9-10(12,4-7-13-9)8-11-5-2-3-6-11/h2-3,5-6,9,12H,4,7-8H2,1H3. The summed E-state index contributed by atoms with van der Waals surface area (Å²) in [6.45, 7) is 3.22. The van der Waals surface area contributed by atoms with Crippen LogP contribution < -0.4 is 0 Å². The van der Waals surface area contributed by atoms with Crippen molar-refractivity contribution in [1.29, 1.82) is 0 Å². The zero-order valence-corrected chi connectivity index (χ0v) is 7.81. The fraction of sp³-hybridized carbons (Fsp3) is 0.600. The fourth-order valence-electron chi connectivity index (χ4n) is 1.77. The molecule has 2 atom stereocenters. The Morgan fingerprint density at radius 1 is 1.54 bits per heavy atom. The third-order valence-corrected chi connectivity index (χ3v) is 2.78. The number of hydrogen-bond donors (Lipinski definition) is 1. The van der Waals surface area contributed by atoms with E-state index in [1.165, 1.54) is 0 Å². The smallest absolute Gasteiger partial charge is 0.110 e. The van der Waals surface area contributed by atoms with Gasteiger partial charge in [-0.05, 0) is 19.1 Å². The number of nitrogens with zero attached hydrogens (tertiary/aromatic N) is 1. The summed E-state index contributed by atoms with van der Waals surface area (Å²) in [6.07, 6.45) is 4.59. The summed E-state index contributed by atoms with van der Waals surface area (Å²) >= 11 is 0. The molecule has 1 fully saturated rings. The molecule has 2 rings (SSSR count). The molecule has 0 radical (unpaired) electrons. The van der Waals surface area contributed by atoms with Gasteiger partial charge in [-0.2, -0.15) is 0 Å². The Balaban J connectivity index is 2.08. The quantitative estimate of drug-likeness (QED) is 0.739. The van der Waals surface area contributed by atoms with Crippen molar-refractivity contribution < 1.29 is 9.84 Å². The van der Waals surface area contributed by atoms with Gasteiger partial charge in [0.15, 0.2) is 0 Å². The second-order valence-electron chi connectivity index (χ2n) is 3.72. The molecule has 1 aromatic rings. The minimum Gasteiger partial charge on any atom is -0.385 e. The summed E-state index contributed by atoms with van der Waals surface area (Å²) in [5, 5.41) is 10.2. The number of rotatable bonds is 2. The maximum absolute atomic E-state index is 10.2. The van der Waals surface area contributed by atoms with Crippen molar-refractivity contribution in [3.05, 3.63) is 24.5 Å². The molecule has 1 aliphatic heterocycles. The van der Waals surface area contributed by atoms with Crippen molar-refractivity contribution in [3.8, 4) is 0 Å². The van der Waals surface area contributed by atoms with Gasteiger partial charge in [0.2, 0.25) is 0 Å². The average Bonchev–Trinajstić information content (AvgIpc) is 2.65. The van der Waals surface area contributed by atoms with Crippen LogP contribution in [0.5, 0.6) is 0 Å². The lowest BCUT2D eigenvalue weighted by molar-refractivity contribution is -0.0387. The van der Waals surface area contributed by atoms with Gasteiger partial charge in [-0.15, -0.1) is 0 Å². The van der Waals surface area contributed by atoms with Gasteiger partial charge in [-0.1, -0.05) is 0 Å². The summed E-state index contributed by atoms with van der Waals surface area (Å²) in [4.78, 5) is 0. The molecule has 0 aliphatic carbocycles. The molecular weight excluding hydrogens is 166 g/mol. The maximum atomic E-state index is 10.2. The highest BCUT2D eigenvalue weighted by Crippen LogP contribution is 2.27. The first-order chi connectivity index (χ1) is 6.21. The van der Waals surface area contributed by atoms with E-state index in [0.29, 0.717) is 13.2 Å². The van der Waals surface area contributed by atoms with Gasteiger partial charge in [0.05, 0.1) is 12.6 Å². The van der Waals surface area contributed by atoms with Gasteiger partial charge in [0.1, 0.15) is 5.60 Å². The molecule has 3 nitrogen and oxygen atoms in total. The maximum Gasteiger partial charge on any atom is 0.110 e. The minimum atomic E-state index is -0.682. The second-order valence-corrected chi connectivity index (χ2v) is 3.72. The Kier molecular flexibility index (Phi) is 2.14. The zero-order valence-electron chi connectivity index (χ0n) is 7.81. The molecule has 1 saturated heterocycles. The summed E-state index contributed by atoms with van der Waals surface area (Å²) in [5.74, 6) is 0. The molecule has 3 heteroatoms. The van der Waals surface area contributed by atoms with Gasteiger partial charge in [0, 0.05) is 25.4 Å². The Morgan fingerprint density at radius 2 is 2.23 bits per heavy atom. The average molecular weight is 181 g/mol. The van der Waals surface area contributed by atoms with E-state index >= 15 is 0 Å². The normalized spacial score (nSPS) is 33.8. The molecule has 13 heavy (non-hydrogen) atoms. The van der Waals surface area contributed by atoms with Crippen LogP contribution >= 0.6 is 0 Å². The van der Waals surface area contributed by atoms with Crippen molar-refractivity contribution in [2.75, 3.05) is 6.61 Å². The first-order valence-corrected chi connectivity index (χ1v) is 4.65. The van der Waals surface area contributed by atoms with E-state index in [1.807, 2.05) is 36.0 Å². The van der Waals surface area contributed by atoms with Crippen LogP contribution in [0.1, 0.15) is 13.3 Å². The predicted octanol–water partition coefficient (Wildman–Crippen LogP) is 1.03. The lowest BCUT2D eigenvalue weighted by atomic mass is 9.97. The highest BCUT2D eigenvalue weighted by atomic mass is 16.5. The third-order valence-electron chi connectivity index (χ3n) is 2.78. The van der Waals surface area contributed by atoms with Crippen LogP contribution in [0, 0.1) is 0 Å². The molecule has 1 N–H and O–H groups in total. The Bertz CT molecular complexity index is 270. The van der Waals surface area contributed by atoms with Crippen LogP contribution in [0.4, 0.5) is 0 Å². The van der Waals surface area contributed by atoms with Crippen LogP contribution in [-0.2, 0) is 11.3 Å². The molecule has 0 aromatic carbocycles. The van der Waals surface area contributed by atoms with Crippen molar-refractivity contribution >= 4 is 0 Å². The molecule has 1 aliphatic rings. The summed E-state index contributed by atoms with van der Waals surface area (Å²) < 4.78 is 7.35. The number of aromatic nitrogens is 1. The van der Waals surface area contributed by atoms with E-state index < -0.39 is 5.60 Å². The number of ether oxygens (including phenoxy) is 1. The predicted molar refractivity (Wildman–Crippen MR) is 49.4 cm³/mol. The molecular formula is C10H15NO2. The van der Waals surface area contributed by atoms with Crippen LogP contribution in [0.3, 0.4) is 0 Å². The summed E-state index contributed by atoms with van der Waals surface area (Å²) in [7, 11) is 0. The van der Waals surface area contributed by atoms with E-state index in [4.69, 9.17) is 4.74 Å². The third kappa shape index (κ3) is 1.62. The molecule has 1 aromatic heterocycles. The minimum absolute atomic E-state index is 0.0603. The fourth-order valence-corrected chi connectivity index (χ4v) is 1.77. The van der Waals surface area contributed by atoms with Crippen LogP contribution in [0.15, 0.2) is 24.5 Å². The Morgan fingerprint density at radius 3 is 2.77 bits per heavy atom. The molecule has 0 bridgehead atoms. The van der Waals surface area contributed by atoms with Crippen molar-refractivity contribution in [2.45, 2.75) is 31.6 Å². The topological polar surface area (TPSA) is 34.4 Å². The highest BCUT2D eigenvalue weighted by Gasteiger charge is 2.39. The van der Waals surface area contributed by atoms with E-state index in [0.717, 1.165) is 6.42 Å². The van der Waals surface area contributed by atoms with Gasteiger partial charge in [0.25, 0.3) is 0 Å². The molecule has 2 unspecified atom stereocenters. The van der Waals surface area contributed by atoms with Crippen molar-refractivity contribution in [3.63, 3.8) is 0 Å². The van der Waals surface area contributed by atoms with Crippen LogP contribution in [-0.4, -0.2) is 28.0 Å². The largest absolute Gasteiger partial charge is 0.385 e. The number of hydrogen-bond acceptors (Lipinski definition) is 2. The highest BCUT2D eigenvalue weighted by molar-refractivity contribution is 4.96. The molecule has 2 heterocycles. The summed E-state index contributed by atoms with van der Waals surface area (Å²) in [5.41, 5.74) is -0.682.